The number of nitrogens with one attached hydrogen (secondary N) is 2. The van der Waals surface area contributed by atoms with Gasteiger partial charge in [0.15, 0.2) is 5.69 Å². The minimum Gasteiger partial charge on any atom is -0.657 e. The molecule has 4 atom stereocenters. The zero-order valence-electron chi connectivity index (χ0n) is 41.4. The monoisotopic (exact) mass is 895 g/mol. The Morgan fingerprint density at radius 3 is 2.15 bits per heavy atom. The third-order valence-electron chi connectivity index (χ3n) is 14.2. The summed E-state index contributed by atoms with van der Waals surface area (Å²) in [7, 11) is 1.33. The minimum absolute atomic E-state index is 0. The van der Waals surface area contributed by atoms with Gasteiger partial charge in [0.1, 0.15) is 18.3 Å². The fourth-order valence-corrected chi connectivity index (χ4v) is 10.1. The van der Waals surface area contributed by atoms with E-state index in [1.165, 1.54) is 57.6 Å². The first-order valence-corrected chi connectivity index (χ1v) is 24.0. The first-order valence-electron chi connectivity index (χ1n) is 24.0. The molecule has 0 radical (unpaired) electrons. The summed E-state index contributed by atoms with van der Waals surface area (Å²) >= 11 is 0. The van der Waals surface area contributed by atoms with Gasteiger partial charge in [0.05, 0.1) is 13.0 Å². The number of esters is 2. The number of H-pyrrole nitrogens is 2. The summed E-state index contributed by atoms with van der Waals surface area (Å²) in [6.07, 6.45) is 16.6. The van der Waals surface area contributed by atoms with Gasteiger partial charge in [0, 0.05) is 33.9 Å². The molecule has 6 rings (SSSR count). The molecule has 0 spiro atoms. The molecule has 3 aromatic heterocycles. The van der Waals surface area contributed by atoms with E-state index < -0.39 is 11.9 Å². The van der Waals surface area contributed by atoms with Crippen LogP contribution >= 0.6 is 0 Å². The molecule has 0 amide bonds. The van der Waals surface area contributed by atoms with Crippen LogP contribution in [0.4, 0.5) is 0 Å². The molecule has 3 aliphatic rings. The van der Waals surface area contributed by atoms with Crippen molar-refractivity contribution < 1.29 is 34.1 Å². The first-order chi connectivity index (χ1) is 30.6. The molecule has 2 aliphatic heterocycles. The Bertz CT molecular complexity index is 2630. The predicted molar refractivity (Wildman–Crippen MR) is 265 cm³/mol. The van der Waals surface area contributed by atoms with Gasteiger partial charge < -0.3 is 24.5 Å². The number of carbonyl (C=O) groups excluding carboxylic acids is 2. The van der Waals surface area contributed by atoms with Gasteiger partial charge in [-0.2, -0.15) is 0 Å². The molecule has 9 nitrogen and oxygen atoms in total. The summed E-state index contributed by atoms with van der Waals surface area (Å²) < 4.78 is 11.1. The van der Waals surface area contributed by atoms with Gasteiger partial charge in [-0.1, -0.05) is 109 Å². The van der Waals surface area contributed by atoms with Gasteiger partial charge >= 0.3 is 35.0 Å². The van der Waals surface area contributed by atoms with E-state index in [2.05, 4.69) is 71.1 Å². The Morgan fingerprint density at radius 1 is 0.862 bits per heavy atom. The number of carbonyl (C=O) groups is 2. The molecule has 65 heavy (non-hydrogen) atoms. The van der Waals surface area contributed by atoms with Crippen LogP contribution in [0.1, 0.15) is 184 Å². The van der Waals surface area contributed by atoms with E-state index >= 15 is 0 Å². The summed E-state index contributed by atoms with van der Waals surface area (Å²) in [6, 6.07) is 6.15. The quantitative estimate of drug-likeness (QED) is 0.0679. The number of aryl methyl sites for hydroxylation is 2. The van der Waals surface area contributed by atoms with Crippen LogP contribution in [-0.2, 0) is 19.1 Å². The number of hydrogen-bond donors (Lipinski definition) is 1. The van der Waals surface area contributed by atoms with Crippen molar-refractivity contribution in [2.45, 2.75) is 158 Å². The molecule has 344 valence electrons. The van der Waals surface area contributed by atoms with Crippen molar-refractivity contribution >= 4 is 85.6 Å². The van der Waals surface area contributed by atoms with Crippen molar-refractivity contribution in [3.63, 3.8) is 0 Å². The van der Waals surface area contributed by atoms with Crippen molar-refractivity contribution in [2.75, 3.05) is 13.7 Å². The maximum atomic E-state index is 13.6. The van der Waals surface area contributed by atoms with Crippen LogP contribution in [0.15, 0.2) is 36.4 Å². The number of ether oxygens (including phenoxy) is 2. The maximum absolute atomic E-state index is 13.6. The van der Waals surface area contributed by atoms with Crippen LogP contribution in [0.5, 0.6) is 0 Å². The second kappa shape index (κ2) is 22.9. The summed E-state index contributed by atoms with van der Waals surface area (Å²) in [4.78, 5) is 44.6. The second-order valence-corrected chi connectivity index (χ2v) is 19.4. The fraction of sp³-hybridized carbons (Fsp3) is 0.527. The Labute approximate surface area is 403 Å². The number of allylic oxidation sites excluding steroid dienone is 3. The summed E-state index contributed by atoms with van der Waals surface area (Å²) in [6.45, 7) is 26.2. The fourth-order valence-electron chi connectivity index (χ4n) is 10.1. The first kappa shape index (κ1) is 51.6. The van der Waals surface area contributed by atoms with E-state index in [1.54, 1.807) is 0 Å². The van der Waals surface area contributed by atoms with E-state index in [0.717, 1.165) is 98.2 Å². The summed E-state index contributed by atoms with van der Waals surface area (Å²) in [5.74, 6) is -0.00678. The second-order valence-electron chi connectivity index (χ2n) is 19.4. The van der Waals surface area contributed by atoms with Gasteiger partial charge in [0.25, 0.3) is 0 Å². The van der Waals surface area contributed by atoms with Crippen LogP contribution in [0, 0.1) is 31.6 Å². The number of hydrogen-bond acceptors (Lipinski definition) is 5. The molecule has 0 saturated heterocycles. The smallest absolute Gasteiger partial charge is 0.657 e. The SMILES string of the molecule is C=Cc1c(C)c2cc3[nH+]c(c4c5[n-]c(cc6[nH+]c(cc1[n-]2)C(C)=C6CC)c(C)c5=C(O)[C@@H]4C(=O)OC)[C@@H](CCC(=O)OC/C=C(\C)CCC[C@H](C)CCC[C@H](C)CCCC(C)C)C=3C.[Mg+2]. The maximum Gasteiger partial charge on any atom is 2.00 e. The largest absolute Gasteiger partial charge is 2.00 e. The minimum atomic E-state index is -1.08. The molecule has 0 saturated carbocycles. The van der Waals surface area contributed by atoms with Crippen molar-refractivity contribution in [2.24, 2.45) is 17.8 Å². The number of aliphatic hydroxyl groups excluding tert-OH is 1. The number of aromatic nitrogens is 4. The van der Waals surface area contributed by atoms with Crippen LogP contribution in [0.2, 0.25) is 0 Å². The van der Waals surface area contributed by atoms with Gasteiger partial charge in [-0.05, 0) is 108 Å². The molecule has 0 fully saturated rings. The Kier molecular flexibility index (Phi) is 18.1. The van der Waals surface area contributed by atoms with E-state index in [0.29, 0.717) is 33.9 Å². The average molecular weight is 896 g/mol. The average Bonchev–Trinajstić information content (AvgIpc) is 3.99. The molecule has 8 bridgehead atoms. The normalized spacial score (nSPS) is 16.8. The van der Waals surface area contributed by atoms with E-state index in [4.69, 9.17) is 19.4 Å². The molecule has 10 heteroatoms. The van der Waals surface area contributed by atoms with Crippen molar-refractivity contribution in [3.05, 3.63) is 86.3 Å². The number of aromatic amines is 2. The molecule has 3 aromatic rings. The topological polar surface area (TPSA) is 129 Å². The molecule has 0 unspecified atom stereocenters. The van der Waals surface area contributed by atoms with Crippen molar-refractivity contribution in [1.29, 1.82) is 0 Å². The number of methoxy groups -OCH3 is 1. The van der Waals surface area contributed by atoms with Crippen molar-refractivity contribution in [1.82, 2.24) is 9.97 Å². The number of fused-ring (bicyclic) bond motifs is 8. The molecule has 1 aliphatic carbocycles. The zero-order chi connectivity index (χ0) is 46.4. The zero-order valence-corrected chi connectivity index (χ0v) is 42.8. The van der Waals surface area contributed by atoms with E-state index in [-0.39, 0.29) is 53.7 Å². The number of rotatable bonds is 20. The predicted octanol–water partition coefficient (Wildman–Crippen LogP) is 10.2. The third kappa shape index (κ3) is 11.6. The van der Waals surface area contributed by atoms with Crippen LogP contribution in [0.25, 0.3) is 50.6 Å². The molecule has 0 aromatic carbocycles. The van der Waals surface area contributed by atoms with Crippen molar-refractivity contribution in [3.8, 4) is 0 Å². The van der Waals surface area contributed by atoms with E-state index in [1.807, 2.05) is 45.1 Å². The molecular weight excluding hydrogens is 821 g/mol. The molecular formula is C55H74MgN4O5+2. The summed E-state index contributed by atoms with van der Waals surface area (Å²) in [5.41, 5.74) is 13.2. The Balaban J connectivity index is 0.00000793. The standard InChI is InChI=1S/C55H72N4O5.Mg/c1-13-39-35(8)42-28-44-37(10)41(24-25-48(60)64-27-26-34(7)23-17-22-33(6)21-16-20-32(5)19-15-18-31(3)4)52(58-44)50-51(55(62)63-12)54(61)49-38(11)45(59-53(49)50)30-47-40(14-2)36(9)43(57-47)29-46(39)56-42;/h13,26,28-33,41,51H,1,14-25,27H2,2-12H3,(H-2,56,57,58,59,61);/q-2;+2/p+2/b34-26+,42-28?;/t32-,33-,41+,51-;/m1./s1. The van der Waals surface area contributed by atoms with Crippen LogP contribution < -0.4 is 30.5 Å². The molecule has 3 N–H and O–H groups in total. The van der Waals surface area contributed by atoms with Gasteiger partial charge in [-0.3, -0.25) is 9.59 Å². The van der Waals surface area contributed by atoms with Crippen LogP contribution in [0.3, 0.4) is 0 Å². The van der Waals surface area contributed by atoms with Crippen LogP contribution in [-0.4, -0.2) is 53.8 Å². The van der Waals surface area contributed by atoms with E-state index in [9.17, 15) is 14.7 Å². The van der Waals surface area contributed by atoms with Gasteiger partial charge in [-0.15, -0.1) is 22.1 Å². The Morgan fingerprint density at radius 2 is 1.51 bits per heavy atom. The van der Waals surface area contributed by atoms with Gasteiger partial charge in [-0.25, -0.2) is 9.97 Å². The molecule has 5 heterocycles. The number of nitrogens with zero attached hydrogens (tertiary/aromatic N) is 2. The van der Waals surface area contributed by atoms with Gasteiger partial charge in [0.2, 0.25) is 16.7 Å². The number of aliphatic hydroxyl groups is 1. The Hall–Kier alpha value is -4.41. The third-order valence-corrected chi connectivity index (χ3v) is 14.2. The summed E-state index contributed by atoms with van der Waals surface area (Å²) in [5, 5.41) is 13.3.